The second kappa shape index (κ2) is 8.00. The van der Waals surface area contributed by atoms with Crippen molar-refractivity contribution in [1.29, 1.82) is 0 Å². The number of carbonyl (C=O) groups excluding carboxylic acids is 1. The SMILES string of the molecule is Cc1ccc2nc(-c3ccc(NC(=O)COc4ccc(Cl)cc4)cc3)sc2c1. The van der Waals surface area contributed by atoms with E-state index in [0.29, 0.717) is 16.5 Å². The predicted molar refractivity (Wildman–Crippen MR) is 115 cm³/mol. The van der Waals surface area contributed by atoms with Gasteiger partial charge in [-0.3, -0.25) is 4.79 Å². The van der Waals surface area contributed by atoms with E-state index in [2.05, 4.69) is 29.4 Å². The fourth-order valence-electron chi connectivity index (χ4n) is 2.73. The Kier molecular flexibility index (Phi) is 5.28. The van der Waals surface area contributed by atoms with Crippen molar-refractivity contribution in [3.05, 3.63) is 77.3 Å². The number of rotatable bonds is 5. The lowest BCUT2D eigenvalue weighted by molar-refractivity contribution is -0.118. The fourth-order valence-corrected chi connectivity index (χ4v) is 3.92. The van der Waals surface area contributed by atoms with Crippen LogP contribution in [0.3, 0.4) is 0 Å². The Bertz CT molecular complexity index is 1120. The summed E-state index contributed by atoms with van der Waals surface area (Å²) in [6, 6.07) is 20.8. The van der Waals surface area contributed by atoms with Crippen molar-refractivity contribution >= 4 is 44.7 Å². The number of fused-ring (bicyclic) bond motifs is 1. The molecular formula is C22H17ClN2O2S. The summed E-state index contributed by atoms with van der Waals surface area (Å²) >= 11 is 7.49. The van der Waals surface area contributed by atoms with Gasteiger partial charge < -0.3 is 10.1 Å². The highest BCUT2D eigenvalue weighted by molar-refractivity contribution is 7.21. The highest BCUT2D eigenvalue weighted by atomic mass is 35.5. The van der Waals surface area contributed by atoms with E-state index >= 15 is 0 Å². The van der Waals surface area contributed by atoms with Crippen molar-refractivity contribution < 1.29 is 9.53 Å². The standard InChI is InChI=1S/C22H17ClN2O2S/c1-14-2-11-19-20(12-14)28-22(25-19)15-3-7-17(8-4-15)24-21(26)13-27-18-9-5-16(23)6-10-18/h2-12H,13H2,1H3,(H,24,26). The number of aromatic nitrogens is 1. The molecule has 0 fully saturated rings. The molecule has 4 aromatic rings. The third-order valence-electron chi connectivity index (χ3n) is 4.14. The summed E-state index contributed by atoms with van der Waals surface area (Å²) in [4.78, 5) is 16.8. The first-order chi connectivity index (χ1) is 13.6. The summed E-state index contributed by atoms with van der Waals surface area (Å²) < 4.78 is 6.63. The molecule has 0 aliphatic rings. The van der Waals surface area contributed by atoms with Crippen LogP contribution in [0.15, 0.2) is 66.7 Å². The lowest BCUT2D eigenvalue weighted by atomic mass is 10.2. The van der Waals surface area contributed by atoms with Crippen LogP contribution in [-0.4, -0.2) is 17.5 Å². The van der Waals surface area contributed by atoms with Gasteiger partial charge in [0, 0.05) is 16.3 Å². The zero-order valence-electron chi connectivity index (χ0n) is 15.1. The van der Waals surface area contributed by atoms with Gasteiger partial charge in [-0.2, -0.15) is 0 Å². The largest absolute Gasteiger partial charge is 0.484 e. The van der Waals surface area contributed by atoms with Crippen molar-refractivity contribution in [2.24, 2.45) is 0 Å². The average molecular weight is 409 g/mol. The Balaban J connectivity index is 1.39. The minimum Gasteiger partial charge on any atom is -0.484 e. The molecule has 1 N–H and O–H groups in total. The summed E-state index contributed by atoms with van der Waals surface area (Å²) in [5.74, 6) is 0.374. The lowest BCUT2D eigenvalue weighted by Gasteiger charge is -2.08. The number of benzene rings is 3. The third-order valence-corrected chi connectivity index (χ3v) is 5.46. The van der Waals surface area contributed by atoms with E-state index in [1.54, 1.807) is 35.6 Å². The molecule has 3 aromatic carbocycles. The summed E-state index contributed by atoms with van der Waals surface area (Å²) in [7, 11) is 0. The van der Waals surface area contributed by atoms with Gasteiger partial charge in [0.1, 0.15) is 10.8 Å². The van der Waals surface area contributed by atoms with E-state index in [9.17, 15) is 4.79 Å². The van der Waals surface area contributed by atoms with Crippen LogP contribution < -0.4 is 10.1 Å². The maximum absolute atomic E-state index is 12.1. The monoisotopic (exact) mass is 408 g/mol. The number of amides is 1. The van der Waals surface area contributed by atoms with E-state index < -0.39 is 0 Å². The molecule has 140 valence electrons. The van der Waals surface area contributed by atoms with Crippen LogP contribution in [0.5, 0.6) is 5.75 Å². The quantitative estimate of drug-likeness (QED) is 0.444. The smallest absolute Gasteiger partial charge is 0.262 e. The first-order valence-corrected chi connectivity index (χ1v) is 9.92. The van der Waals surface area contributed by atoms with Gasteiger partial charge in [0.25, 0.3) is 5.91 Å². The zero-order valence-corrected chi connectivity index (χ0v) is 16.7. The van der Waals surface area contributed by atoms with Crippen LogP contribution in [0, 0.1) is 6.92 Å². The predicted octanol–water partition coefficient (Wildman–Crippen LogP) is 5.94. The fraction of sp³-hybridized carbons (Fsp3) is 0.0909. The molecular weight excluding hydrogens is 392 g/mol. The number of ether oxygens (including phenoxy) is 1. The van der Waals surface area contributed by atoms with E-state index in [-0.39, 0.29) is 12.5 Å². The number of carbonyl (C=O) groups is 1. The van der Waals surface area contributed by atoms with Crippen molar-refractivity contribution in [2.45, 2.75) is 6.92 Å². The summed E-state index contributed by atoms with van der Waals surface area (Å²) in [5, 5.41) is 4.42. The minimum atomic E-state index is -0.224. The topological polar surface area (TPSA) is 51.2 Å². The molecule has 6 heteroatoms. The molecule has 0 bridgehead atoms. The van der Waals surface area contributed by atoms with Gasteiger partial charge in [-0.25, -0.2) is 4.98 Å². The summed E-state index contributed by atoms with van der Waals surface area (Å²) in [5.41, 5.74) is 3.96. The molecule has 4 nitrogen and oxygen atoms in total. The molecule has 0 unspecified atom stereocenters. The molecule has 0 saturated heterocycles. The Labute approximate surface area is 171 Å². The molecule has 1 amide bonds. The van der Waals surface area contributed by atoms with Crippen LogP contribution in [0.1, 0.15) is 5.56 Å². The zero-order chi connectivity index (χ0) is 19.5. The summed E-state index contributed by atoms with van der Waals surface area (Å²) in [6.07, 6.45) is 0. The first kappa shape index (κ1) is 18.5. The van der Waals surface area contributed by atoms with Crippen LogP contribution in [0.2, 0.25) is 5.02 Å². The Morgan fingerprint density at radius 2 is 1.82 bits per heavy atom. The van der Waals surface area contributed by atoms with Gasteiger partial charge in [0.2, 0.25) is 0 Å². The number of nitrogens with one attached hydrogen (secondary N) is 1. The Morgan fingerprint density at radius 1 is 1.07 bits per heavy atom. The van der Waals surface area contributed by atoms with E-state index in [1.165, 1.54) is 10.3 Å². The van der Waals surface area contributed by atoms with Gasteiger partial charge in [-0.15, -0.1) is 11.3 Å². The number of nitrogens with zero attached hydrogens (tertiary/aromatic N) is 1. The van der Waals surface area contributed by atoms with Gasteiger partial charge in [0.05, 0.1) is 10.2 Å². The molecule has 0 aliphatic heterocycles. The first-order valence-electron chi connectivity index (χ1n) is 8.73. The van der Waals surface area contributed by atoms with Gasteiger partial charge in [-0.05, 0) is 73.2 Å². The number of halogens is 1. The van der Waals surface area contributed by atoms with E-state index in [1.807, 2.05) is 30.3 Å². The molecule has 0 saturated carbocycles. The molecule has 0 radical (unpaired) electrons. The van der Waals surface area contributed by atoms with Gasteiger partial charge in [0.15, 0.2) is 6.61 Å². The molecule has 4 rings (SSSR count). The minimum absolute atomic E-state index is 0.0688. The van der Waals surface area contributed by atoms with Crippen molar-refractivity contribution in [2.75, 3.05) is 11.9 Å². The number of hydrogen-bond acceptors (Lipinski definition) is 4. The van der Waals surface area contributed by atoms with E-state index in [0.717, 1.165) is 16.1 Å². The highest BCUT2D eigenvalue weighted by Gasteiger charge is 2.08. The van der Waals surface area contributed by atoms with Gasteiger partial charge in [-0.1, -0.05) is 17.7 Å². The Morgan fingerprint density at radius 3 is 2.57 bits per heavy atom. The normalized spacial score (nSPS) is 10.8. The summed E-state index contributed by atoms with van der Waals surface area (Å²) in [6.45, 7) is 2.01. The van der Waals surface area contributed by atoms with Crippen LogP contribution in [-0.2, 0) is 4.79 Å². The van der Waals surface area contributed by atoms with Crippen molar-refractivity contribution in [3.63, 3.8) is 0 Å². The highest BCUT2D eigenvalue weighted by Crippen LogP contribution is 2.31. The lowest BCUT2D eigenvalue weighted by Crippen LogP contribution is -2.20. The van der Waals surface area contributed by atoms with Crippen molar-refractivity contribution in [1.82, 2.24) is 4.98 Å². The van der Waals surface area contributed by atoms with Crippen molar-refractivity contribution in [3.8, 4) is 16.3 Å². The van der Waals surface area contributed by atoms with Gasteiger partial charge >= 0.3 is 0 Å². The Hall–Kier alpha value is -2.89. The molecule has 0 atom stereocenters. The average Bonchev–Trinajstić information content (AvgIpc) is 3.11. The van der Waals surface area contributed by atoms with Crippen LogP contribution >= 0.6 is 22.9 Å². The molecule has 1 heterocycles. The second-order valence-corrected chi connectivity index (χ2v) is 7.83. The molecule has 28 heavy (non-hydrogen) atoms. The number of anilines is 1. The molecule has 1 aromatic heterocycles. The maximum atomic E-state index is 12.1. The number of hydrogen-bond donors (Lipinski definition) is 1. The van der Waals surface area contributed by atoms with E-state index in [4.69, 9.17) is 16.3 Å². The number of thiazole rings is 1. The van der Waals surface area contributed by atoms with Crippen LogP contribution in [0.25, 0.3) is 20.8 Å². The number of aryl methyl sites for hydroxylation is 1. The molecule has 0 aliphatic carbocycles. The molecule has 0 spiro atoms. The maximum Gasteiger partial charge on any atom is 0.262 e. The second-order valence-electron chi connectivity index (χ2n) is 6.36. The third kappa shape index (κ3) is 4.32. The van der Waals surface area contributed by atoms with Crippen LogP contribution in [0.4, 0.5) is 5.69 Å².